The molecule has 2 amide bonds. The molecule has 0 unspecified atom stereocenters. The number of amides is 2. The molecule has 8 nitrogen and oxygen atoms in total. The predicted molar refractivity (Wildman–Crippen MR) is 110 cm³/mol. The molecule has 0 N–H and O–H groups in total. The van der Waals surface area contributed by atoms with Gasteiger partial charge in [0.2, 0.25) is 0 Å². The highest BCUT2D eigenvalue weighted by molar-refractivity contribution is 8.29. The Hall–Kier alpha value is -1.85. The van der Waals surface area contributed by atoms with E-state index in [4.69, 9.17) is 21.7 Å². The van der Waals surface area contributed by atoms with Crippen LogP contribution in [0, 0.1) is 0 Å². The van der Waals surface area contributed by atoms with Crippen molar-refractivity contribution in [3.63, 3.8) is 0 Å². The average Bonchev–Trinajstić information content (AvgIpc) is 3.08. The first-order valence-corrected chi connectivity index (χ1v) is 10.7. The zero-order valence-corrected chi connectivity index (χ0v) is 18.3. The number of nitrogens with zero attached hydrogens (tertiary/aromatic N) is 2. The first-order valence-electron chi connectivity index (χ1n) is 8.68. The molecule has 2 rings (SSSR count). The second-order valence-corrected chi connectivity index (χ2v) is 8.01. The van der Waals surface area contributed by atoms with Crippen LogP contribution in [0.1, 0.15) is 27.7 Å². The summed E-state index contributed by atoms with van der Waals surface area (Å²) in [5, 5.41) is 0.140. The summed E-state index contributed by atoms with van der Waals surface area (Å²) in [7, 11) is 0. The number of rotatable bonds is 6. The number of hydrogen-bond acceptors (Lipinski definition) is 9. The Morgan fingerprint density at radius 3 is 1.57 bits per heavy atom. The normalized spacial score (nSPS) is 17.6. The van der Waals surface area contributed by atoms with Crippen LogP contribution in [0.15, 0.2) is 19.6 Å². The Bertz CT molecular complexity index is 745. The quantitative estimate of drug-likeness (QED) is 0.264. The standard InChI is InChI=1S/C17H20N2O6S3/c1-5-18-12(20)9(13(21)19(6-2)17(18)26)16-27-10(14(22)24-7-3)11(28-16)15(23)25-8-4/h5-8H2,1-4H3. The van der Waals surface area contributed by atoms with Gasteiger partial charge in [-0.1, -0.05) is 23.5 Å². The summed E-state index contributed by atoms with van der Waals surface area (Å²) in [5.74, 6) is -2.51. The number of esters is 2. The van der Waals surface area contributed by atoms with Crippen molar-refractivity contribution in [3.8, 4) is 0 Å². The van der Waals surface area contributed by atoms with Gasteiger partial charge in [-0.25, -0.2) is 9.59 Å². The maximum Gasteiger partial charge on any atom is 0.346 e. The highest BCUT2D eigenvalue weighted by Gasteiger charge is 2.43. The van der Waals surface area contributed by atoms with Crippen LogP contribution in [0.5, 0.6) is 0 Å². The average molecular weight is 445 g/mol. The van der Waals surface area contributed by atoms with Crippen molar-refractivity contribution in [2.24, 2.45) is 0 Å². The zero-order chi connectivity index (χ0) is 21.0. The summed E-state index contributed by atoms with van der Waals surface area (Å²) in [5.41, 5.74) is -0.117. The van der Waals surface area contributed by atoms with E-state index in [1.54, 1.807) is 27.7 Å². The molecule has 2 aliphatic rings. The number of carbonyl (C=O) groups excluding carboxylic acids is 4. The van der Waals surface area contributed by atoms with Crippen molar-refractivity contribution in [1.29, 1.82) is 0 Å². The number of carbonyl (C=O) groups is 4. The third-order valence-corrected chi connectivity index (χ3v) is 6.73. The number of thiocarbonyl (C=S) groups is 1. The number of likely N-dealkylation sites (N-methyl/N-ethyl adjacent to an activating group) is 2. The third kappa shape index (κ3) is 4.11. The summed E-state index contributed by atoms with van der Waals surface area (Å²) in [6.07, 6.45) is 0. The first kappa shape index (κ1) is 22.4. The fraction of sp³-hybridized carbons (Fsp3) is 0.471. The Kier molecular flexibility index (Phi) is 7.67. The van der Waals surface area contributed by atoms with Gasteiger partial charge < -0.3 is 9.47 Å². The molecule has 0 spiro atoms. The topological polar surface area (TPSA) is 93.2 Å². The summed E-state index contributed by atoms with van der Waals surface area (Å²) in [6, 6.07) is 0. The van der Waals surface area contributed by atoms with E-state index in [1.807, 2.05) is 0 Å². The van der Waals surface area contributed by atoms with E-state index in [9.17, 15) is 19.2 Å². The van der Waals surface area contributed by atoms with Crippen LogP contribution in [0.25, 0.3) is 0 Å². The van der Waals surface area contributed by atoms with Crippen molar-refractivity contribution >= 4 is 64.6 Å². The zero-order valence-electron chi connectivity index (χ0n) is 15.9. The lowest BCUT2D eigenvalue weighted by Crippen LogP contribution is -2.56. The van der Waals surface area contributed by atoms with Crippen molar-refractivity contribution < 1.29 is 28.7 Å². The first-order chi connectivity index (χ1) is 13.3. The van der Waals surface area contributed by atoms with E-state index in [0.717, 1.165) is 23.5 Å². The van der Waals surface area contributed by atoms with Gasteiger partial charge in [0, 0.05) is 13.1 Å². The highest BCUT2D eigenvalue weighted by atomic mass is 32.2. The third-order valence-electron chi connectivity index (χ3n) is 3.73. The molecule has 0 saturated carbocycles. The van der Waals surface area contributed by atoms with E-state index in [0.29, 0.717) is 0 Å². The number of thioether (sulfide) groups is 2. The molecule has 1 saturated heterocycles. The number of hydrogen-bond donors (Lipinski definition) is 0. The van der Waals surface area contributed by atoms with Crippen molar-refractivity contribution in [3.05, 3.63) is 19.6 Å². The van der Waals surface area contributed by atoms with Crippen LogP contribution in [-0.2, 0) is 28.7 Å². The van der Waals surface area contributed by atoms with Crippen LogP contribution in [0.2, 0.25) is 0 Å². The molecule has 152 valence electrons. The predicted octanol–water partition coefficient (Wildman–Crippen LogP) is 2.01. The minimum Gasteiger partial charge on any atom is -0.462 e. The van der Waals surface area contributed by atoms with Crippen LogP contribution in [-0.4, -0.2) is 65.0 Å². The summed E-state index contributed by atoms with van der Waals surface area (Å²) >= 11 is 6.98. The molecule has 0 aliphatic carbocycles. The molecule has 0 radical (unpaired) electrons. The van der Waals surface area contributed by atoms with Gasteiger partial charge in [0.05, 0.1) is 17.5 Å². The lowest BCUT2D eigenvalue weighted by atomic mass is 10.2. The fourth-order valence-corrected chi connectivity index (χ4v) is 5.38. The molecule has 0 atom stereocenters. The van der Waals surface area contributed by atoms with Gasteiger partial charge in [-0.05, 0) is 39.9 Å². The van der Waals surface area contributed by atoms with Gasteiger partial charge in [0.1, 0.15) is 15.4 Å². The molecule has 2 aliphatic heterocycles. The minimum absolute atomic E-state index is 0.00708. The van der Waals surface area contributed by atoms with E-state index in [1.165, 1.54) is 9.80 Å². The minimum atomic E-state index is -0.704. The van der Waals surface area contributed by atoms with Gasteiger partial charge in [-0.15, -0.1) is 0 Å². The Morgan fingerprint density at radius 1 is 0.857 bits per heavy atom. The van der Waals surface area contributed by atoms with Gasteiger partial charge in [-0.2, -0.15) is 0 Å². The largest absolute Gasteiger partial charge is 0.462 e. The van der Waals surface area contributed by atoms with Crippen LogP contribution < -0.4 is 0 Å². The Labute approximate surface area is 176 Å². The second-order valence-electron chi connectivity index (χ2n) is 5.35. The van der Waals surface area contributed by atoms with Crippen molar-refractivity contribution in [1.82, 2.24) is 9.80 Å². The van der Waals surface area contributed by atoms with Crippen LogP contribution >= 0.6 is 35.7 Å². The Balaban J connectivity index is 2.51. The monoisotopic (exact) mass is 444 g/mol. The summed E-state index contributed by atoms with van der Waals surface area (Å²) in [4.78, 5) is 53.0. The van der Waals surface area contributed by atoms with E-state index >= 15 is 0 Å². The molecule has 0 aromatic rings. The molecule has 0 aromatic carbocycles. The molecule has 1 fully saturated rings. The fourth-order valence-electron chi connectivity index (χ4n) is 2.48. The lowest BCUT2D eigenvalue weighted by molar-refractivity contribution is -0.140. The SMILES string of the molecule is CCOC(=O)C1=C(C(=O)OCC)SC(=C2C(=O)N(CC)C(=S)N(CC)C2=O)S1. The van der Waals surface area contributed by atoms with Crippen molar-refractivity contribution in [2.75, 3.05) is 26.3 Å². The second kappa shape index (κ2) is 9.57. The smallest absolute Gasteiger partial charge is 0.346 e. The molecule has 2 heterocycles. The van der Waals surface area contributed by atoms with Gasteiger partial charge in [0.15, 0.2) is 5.11 Å². The molecule has 28 heavy (non-hydrogen) atoms. The number of ether oxygens (including phenoxy) is 2. The van der Waals surface area contributed by atoms with Gasteiger partial charge in [0.25, 0.3) is 11.8 Å². The maximum atomic E-state index is 12.9. The molecule has 0 bridgehead atoms. The summed E-state index contributed by atoms with van der Waals surface area (Å²) < 4.78 is 10.2. The van der Waals surface area contributed by atoms with E-state index in [2.05, 4.69) is 0 Å². The van der Waals surface area contributed by atoms with E-state index < -0.39 is 23.8 Å². The lowest BCUT2D eigenvalue weighted by Gasteiger charge is -2.35. The molecule has 0 aromatic heterocycles. The van der Waals surface area contributed by atoms with Crippen LogP contribution in [0.3, 0.4) is 0 Å². The molecular weight excluding hydrogens is 424 g/mol. The maximum absolute atomic E-state index is 12.9. The molecular formula is C17H20N2O6S3. The Morgan fingerprint density at radius 2 is 1.25 bits per heavy atom. The van der Waals surface area contributed by atoms with Gasteiger partial charge >= 0.3 is 11.9 Å². The molecule has 11 heteroatoms. The summed E-state index contributed by atoms with van der Waals surface area (Å²) in [6.45, 7) is 7.59. The van der Waals surface area contributed by atoms with E-state index in [-0.39, 0.29) is 51.0 Å². The highest BCUT2D eigenvalue weighted by Crippen LogP contribution is 2.52. The van der Waals surface area contributed by atoms with Gasteiger partial charge in [-0.3, -0.25) is 19.4 Å². The van der Waals surface area contributed by atoms with Crippen molar-refractivity contribution in [2.45, 2.75) is 27.7 Å². The van der Waals surface area contributed by atoms with Crippen LogP contribution in [0.4, 0.5) is 0 Å².